The average Bonchev–Trinajstić information content (AvgIpc) is 2.63. The highest BCUT2D eigenvalue weighted by atomic mass is 32.1. The third kappa shape index (κ3) is 3.70. The molecular weight excluding hydrogens is 216 g/mol. The van der Waals surface area contributed by atoms with Crippen LogP contribution in [0, 0.1) is 5.92 Å². The third-order valence-electron chi connectivity index (χ3n) is 1.32. The minimum Gasteiger partial charge on any atom is -0.460 e. The Labute approximate surface area is 91.4 Å². The molecule has 6 nitrogen and oxygen atoms in total. The zero-order chi connectivity index (χ0) is 11.3. The normalized spacial score (nSPS) is 11.2. The zero-order valence-electron chi connectivity index (χ0n) is 8.80. The van der Waals surface area contributed by atoms with Gasteiger partial charge in [0.25, 0.3) is 5.13 Å². The summed E-state index contributed by atoms with van der Waals surface area (Å²) >= 11 is 1.06. The first-order chi connectivity index (χ1) is 7.13. The second kappa shape index (κ2) is 5.50. The summed E-state index contributed by atoms with van der Waals surface area (Å²) in [6.07, 6.45) is 0. The molecule has 82 valence electrons. The summed E-state index contributed by atoms with van der Waals surface area (Å²) in [5.74, 6) is -0.157. The molecule has 1 heterocycles. The van der Waals surface area contributed by atoms with Gasteiger partial charge in [-0.15, -0.1) is 15.3 Å². The summed E-state index contributed by atoms with van der Waals surface area (Å²) in [6.45, 7) is 4.30. The van der Waals surface area contributed by atoms with Crippen molar-refractivity contribution in [2.75, 3.05) is 13.7 Å². The van der Waals surface area contributed by atoms with E-state index in [0.29, 0.717) is 17.7 Å². The van der Waals surface area contributed by atoms with Crippen LogP contribution in [0.15, 0.2) is 10.2 Å². The molecule has 7 heteroatoms. The topological polar surface area (TPSA) is 76.8 Å². The van der Waals surface area contributed by atoms with E-state index in [2.05, 4.69) is 20.4 Å². The van der Waals surface area contributed by atoms with E-state index in [9.17, 15) is 4.79 Å². The molecule has 0 aliphatic rings. The second-order valence-corrected chi connectivity index (χ2v) is 4.14. The number of azo groups is 1. The minimum atomic E-state index is -0.459. The van der Waals surface area contributed by atoms with Crippen LogP contribution in [0.4, 0.5) is 5.13 Å². The summed E-state index contributed by atoms with van der Waals surface area (Å²) in [4.78, 5) is 11.4. The Kier molecular flexibility index (Phi) is 4.29. The van der Waals surface area contributed by atoms with E-state index in [1.165, 1.54) is 7.05 Å². The SMILES string of the molecule is CN=Nc1nnc(C(=O)OCC(C)C)s1. The molecule has 0 amide bonds. The Morgan fingerprint density at radius 2 is 2.27 bits per heavy atom. The lowest BCUT2D eigenvalue weighted by Gasteiger charge is -2.03. The van der Waals surface area contributed by atoms with Gasteiger partial charge in [-0.25, -0.2) is 4.79 Å². The maximum Gasteiger partial charge on any atom is 0.369 e. The van der Waals surface area contributed by atoms with E-state index < -0.39 is 5.97 Å². The van der Waals surface area contributed by atoms with Crippen LogP contribution in [0.1, 0.15) is 23.6 Å². The number of aromatic nitrogens is 2. The van der Waals surface area contributed by atoms with Crippen LogP contribution in [0.3, 0.4) is 0 Å². The molecule has 0 saturated carbocycles. The molecule has 0 bridgehead atoms. The summed E-state index contributed by atoms with van der Waals surface area (Å²) in [7, 11) is 1.53. The summed E-state index contributed by atoms with van der Waals surface area (Å²) in [6, 6.07) is 0. The van der Waals surface area contributed by atoms with Gasteiger partial charge in [0.15, 0.2) is 0 Å². The Balaban J connectivity index is 2.58. The number of hydrogen-bond donors (Lipinski definition) is 0. The molecule has 0 spiro atoms. The van der Waals surface area contributed by atoms with Gasteiger partial charge < -0.3 is 4.74 Å². The number of rotatable bonds is 4. The fourth-order valence-corrected chi connectivity index (χ4v) is 1.33. The molecule has 1 aromatic heterocycles. The van der Waals surface area contributed by atoms with Crippen molar-refractivity contribution in [1.29, 1.82) is 0 Å². The van der Waals surface area contributed by atoms with Gasteiger partial charge in [0.1, 0.15) is 0 Å². The fourth-order valence-electron chi connectivity index (χ4n) is 0.728. The molecule has 0 fully saturated rings. The van der Waals surface area contributed by atoms with Crippen LogP contribution in [0.2, 0.25) is 0 Å². The lowest BCUT2D eigenvalue weighted by molar-refractivity contribution is 0.0457. The summed E-state index contributed by atoms with van der Waals surface area (Å²) in [5.41, 5.74) is 0. The third-order valence-corrected chi connectivity index (χ3v) is 2.11. The van der Waals surface area contributed by atoms with Crippen LogP contribution < -0.4 is 0 Å². The quantitative estimate of drug-likeness (QED) is 0.583. The van der Waals surface area contributed by atoms with Crippen molar-refractivity contribution >= 4 is 22.4 Å². The lowest BCUT2D eigenvalue weighted by atomic mass is 10.2. The van der Waals surface area contributed by atoms with Gasteiger partial charge in [-0.05, 0) is 5.92 Å². The van der Waals surface area contributed by atoms with Crippen molar-refractivity contribution in [3.05, 3.63) is 5.01 Å². The molecule has 15 heavy (non-hydrogen) atoms. The summed E-state index contributed by atoms with van der Waals surface area (Å²) in [5, 5.41) is 15.1. The Bertz CT molecular complexity index is 361. The van der Waals surface area contributed by atoms with Crippen LogP contribution in [0.25, 0.3) is 0 Å². The number of carbonyl (C=O) groups is 1. The molecule has 0 atom stereocenters. The number of hydrogen-bond acceptors (Lipinski definition) is 7. The molecule has 0 aromatic carbocycles. The molecule has 1 aromatic rings. The monoisotopic (exact) mass is 228 g/mol. The van der Waals surface area contributed by atoms with Gasteiger partial charge in [-0.3, -0.25) is 0 Å². The standard InChI is InChI=1S/C8H12N4O2S/c1-5(2)4-14-7(13)6-10-12-8(15-6)11-9-3/h5H,4H2,1-3H3. The van der Waals surface area contributed by atoms with E-state index in [0.717, 1.165) is 11.3 Å². The first-order valence-corrected chi connectivity index (χ1v) is 5.25. The predicted molar refractivity (Wildman–Crippen MR) is 55.5 cm³/mol. The van der Waals surface area contributed by atoms with Crippen molar-refractivity contribution < 1.29 is 9.53 Å². The molecule has 0 radical (unpaired) electrons. The van der Waals surface area contributed by atoms with E-state index >= 15 is 0 Å². The van der Waals surface area contributed by atoms with Crippen molar-refractivity contribution in [2.45, 2.75) is 13.8 Å². The van der Waals surface area contributed by atoms with Gasteiger partial charge in [0.05, 0.1) is 6.61 Å². The molecule has 0 aliphatic heterocycles. The van der Waals surface area contributed by atoms with Crippen LogP contribution in [-0.2, 0) is 4.74 Å². The molecule has 1 rings (SSSR count). The van der Waals surface area contributed by atoms with E-state index in [-0.39, 0.29) is 5.01 Å². The highest BCUT2D eigenvalue weighted by Crippen LogP contribution is 2.19. The van der Waals surface area contributed by atoms with E-state index in [1.807, 2.05) is 13.8 Å². The van der Waals surface area contributed by atoms with Crippen LogP contribution >= 0.6 is 11.3 Å². The van der Waals surface area contributed by atoms with Gasteiger partial charge in [0, 0.05) is 7.05 Å². The van der Waals surface area contributed by atoms with Gasteiger partial charge in [0.2, 0.25) is 5.01 Å². The number of ether oxygens (including phenoxy) is 1. The van der Waals surface area contributed by atoms with E-state index in [4.69, 9.17) is 4.74 Å². The zero-order valence-corrected chi connectivity index (χ0v) is 9.61. The molecule has 0 saturated heterocycles. The molecule has 0 aliphatic carbocycles. The first kappa shape index (κ1) is 11.7. The second-order valence-electron chi connectivity index (χ2n) is 3.18. The molecular formula is C8H12N4O2S. The van der Waals surface area contributed by atoms with Crippen LogP contribution in [-0.4, -0.2) is 29.8 Å². The van der Waals surface area contributed by atoms with Crippen LogP contribution in [0.5, 0.6) is 0 Å². The maximum absolute atomic E-state index is 11.4. The number of carbonyl (C=O) groups excluding carboxylic acids is 1. The highest BCUT2D eigenvalue weighted by molar-refractivity contribution is 7.16. The molecule has 0 N–H and O–H groups in total. The van der Waals surface area contributed by atoms with Gasteiger partial charge in [-0.1, -0.05) is 25.2 Å². The Hall–Kier alpha value is -1.37. The fraction of sp³-hybridized carbons (Fsp3) is 0.625. The smallest absolute Gasteiger partial charge is 0.369 e. The Morgan fingerprint density at radius 1 is 1.53 bits per heavy atom. The van der Waals surface area contributed by atoms with Crippen molar-refractivity contribution in [3.63, 3.8) is 0 Å². The van der Waals surface area contributed by atoms with Crippen molar-refractivity contribution in [3.8, 4) is 0 Å². The Morgan fingerprint density at radius 3 is 2.87 bits per heavy atom. The largest absolute Gasteiger partial charge is 0.460 e. The van der Waals surface area contributed by atoms with E-state index in [1.54, 1.807) is 0 Å². The minimum absolute atomic E-state index is 0.207. The maximum atomic E-state index is 11.4. The van der Waals surface area contributed by atoms with Crippen molar-refractivity contribution in [2.24, 2.45) is 16.1 Å². The predicted octanol–water partition coefficient (Wildman–Crippen LogP) is 2.06. The number of nitrogens with zero attached hydrogens (tertiary/aromatic N) is 4. The van der Waals surface area contributed by atoms with Gasteiger partial charge >= 0.3 is 5.97 Å². The average molecular weight is 228 g/mol. The number of esters is 1. The molecule has 0 unspecified atom stereocenters. The van der Waals surface area contributed by atoms with Crippen molar-refractivity contribution in [1.82, 2.24) is 10.2 Å². The first-order valence-electron chi connectivity index (χ1n) is 4.44. The lowest BCUT2D eigenvalue weighted by Crippen LogP contribution is -2.09. The summed E-state index contributed by atoms with van der Waals surface area (Å²) < 4.78 is 4.98. The van der Waals surface area contributed by atoms with Gasteiger partial charge in [-0.2, -0.15) is 5.11 Å². The highest BCUT2D eigenvalue weighted by Gasteiger charge is 2.14.